The molecule has 2 atom stereocenters. The van der Waals surface area contributed by atoms with E-state index in [1.807, 2.05) is 0 Å². The summed E-state index contributed by atoms with van der Waals surface area (Å²) >= 11 is 0. The van der Waals surface area contributed by atoms with Gasteiger partial charge in [0.25, 0.3) is 0 Å². The Bertz CT molecular complexity index is 1490. The van der Waals surface area contributed by atoms with Crippen molar-refractivity contribution < 1.29 is 24.5 Å². The summed E-state index contributed by atoms with van der Waals surface area (Å²) in [6.07, 6.45) is 104. The van der Waals surface area contributed by atoms with Crippen LogP contribution in [-0.2, 0) is 14.3 Å². The van der Waals surface area contributed by atoms with Crippen LogP contribution >= 0.6 is 0 Å². The number of ether oxygens (including phenoxy) is 1. The van der Waals surface area contributed by atoms with E-state index >= 15 is 0 Å². The van der Waals surface area contributed by atoms with Gasteiger partial charge in [0.1, 0.15) is 0 Å². The molecule has 0 fully saturated rings. The topological polar surface area (TPSA) is 95.9 Å². The molecule has 6 nitrogen and oxygen atoms in total. The van der Waals surface area contributed by atoms with Crippen LogP contribution in [0.2, 0.25) is 0 Å². The monoisotopic (exact) mass is 1250 g/mol. The van der Waals surface area contributed by atoms with Gasteiger partial charge in [0.2, 0.25) is 5.91 Å². The second-order valence-electron chi connectivity index (χ2n) is 27.7. The fraction of sp³-hybridized carbons (Fsp3) is 0.880. The predicted molar refractivity (Wildman–Crippen MR) is 393 cm³/mol. The summed E-state index contributed by atoms with van der Waals surface area (Å²) in [4.78, 5) is 24.6. The summed E-state index contributed by atoms with van der Waals surface area (Å²) < 4.78 is 5.49. The maximum Gasteiger partial charge on any atom is 0.305 e. The average Bonchev–Trinajstić information content (AvgIpc) is 3.63. The molecule has 0 radical (unpaired) electrons. The molecule has 0 bridgehead atoms. The number of unbranched alkanes of at least 4 members (excludes halogenated alkanes) is 57. The molecular weight excluding hydrogens is 1090 g/mol. The largest absolute Gasteiger partial charge is 0.466 e. The van der Waals surface area contributed by atoms with Gasteiger partial charge in [-0.05, 0) is 89.9 Å². The second-order valence-corrected chi connectivity index (χ2v) is 27.7. The molecule has 0 aromatic carbocycles. The van der Waals surface area contributed by atoms with Gasteiger partial charge in [0, 0.05) is 12.8 Å². The Morgan fingerprint density at radius 2 is 0.562 bits per heavy atom. The van der Waals surface area contributed by atoms with E-state index in [0.29, 0.717) is 25.9 Å². The summed E-state index contributed by atoms with van der Waals surface area (Å²) in [5, 5.41) is 23.4. The summed E-state index contributed by atoms with van der Waals surface area (Å²) in [6.45, 7) is 4.96. The first-order chi connectivity index (χ1) is 44.0. The number of allylic oxidation sites excluding steroid dienone is 8. The highest BCUT2D eigenvalue weighted by Gasteiger charge is 2.20. The van der Waals surface area contributed by atoms with Crippen LogP contribution < -0.4 is 5.32 Å². The first-order valence-electron chi connectivity index (χ1n) is 40.4. The van der Waals surface area contributed by atoms with E-state index in [-0.39, 0.29) is 18.5 Å². The van der Waals surface area contributed by atoms with Crippen molar-refractivity contribution in [2.75, 3.05) is 13.2 Å². The van der Waals surface area contributed by atoms with Gasteiger partial charge < -0.3 is 20.3 Å². The molecule has 524 valence electrons. The first-order valence-corrected chi connectivity index (χ1v) is 40.4. The first kappa shape index (κ1) is 86.8. The molecular formula is C83H157NO5. The molecule has 0 aliphatic carbocycles. The van der Waals surface area contributed by atoms with Crippen molar-refractivity contribution in [2.24, 2.45) is 0 Å². The number of carbonyl (C=O) groups excluding carboxylic acids is 2. The zero-order chi connectivity index (χ0) is 64.2. The van der Waals surface area contributed by atoms with E-state index in [0.717, 1.165) is 57.8 Å². The maximum absolute atomic E-state index is 12.6. The highest BCUT2D eigenvalue weighted by atomic mass is 16.5. The zero-order valence-corrected chi connectivity index (χ0v) is 60.2. The third-order valence-corrected chi connectivity index (χ3v) is 18.9. The van der Waals surface area contributed by atoms with Crippen molar-refractivity contribution in [3.05, 3.63) is 48.6 Å². The quantitative estimate of drug-likeness (QED) is 0.0320. The molecule has 3 N–H and O–H groups in total. The molecule has 0 aliphatic heterocycles. The Kier molecular flexibility index (Phi) is 76.3. The third kappa shape index (κ3) is 74.7. The molecule has 0 saturated carbocycles. The maximum atomic E-state index is 12.6. The lowest BCUT2D eigenvalue weighted by molar-refractivity contribution is -0.143. The van der Waals surface area contributed by atoms with Crippen LogP contribution in [0.4, 0.5) is 0 Å². The van der Waals surface area contributed by atoms with Gasteiger partial charge in [-0.15, -0.1) is 0 Å². The van der Waals surface area contributed by atoms with Gasteiger partial charge in [0.05, 0.1) is 25.4 Å². The Morgan fingerprint density at radius 1 is 0.315 bits per heavy atom. The molecule has 1 amide bonds. The molecule has 6 heteroatoms. The fourth-order valence-corrected chi connectivity index (χ4v) is 12.7. The molecule has 0 heterocycles. The molecule has 0 aliphatic rings. The number of carbonyl (C=O) groups is 2. The lowest BCUT2D eigenvalue weighted by atomic mass is 10.0. The molecule has 0 aromatic rings. The molecule has 0 saturated heterocycles. The van der Waals surface area contributed by atoms with Crippen LogP contribution in [0, 0.1) is 0 Å². The number of hydrogen-bond acceptors (Lipinski definition) is 5. The van der Waals surface area contributed by atoms with Gasteiger partial charge in [-0.1, -0.05) is 390 Å². The number of esters is 1. The van der Waals surface area contributed by atoms with Gasteiger partial charge in [-0.2, -0.15) is 0 Å². The SMILES string of the molecule is CCCCC/C=C\C/C=C\CCCCCCCC(=O)OCCCCCCCCCCCCCCC/C=C\C/C=C\CCCCCCCCCCCCCCCCCCCC(=O)NC(CO)C(O)CCCCCCCCCCCCCCCCCCCCCC. The van der Waals surface area contributed by atoms with Gasteiger partial charge in [0.15, 0.2) is 0 Å². The Balaban J connectivity index is 3.37. The van der Waals surface area contributed by atoms with Crippen molar-refractivity contribution >= 4 is 11.9 Å². The van der Waals surface area contributed by atoms with E-state index in [4.69, 9.17) is 4.74 Å². The lowest BCUT2D eigenvalue weighted by Gasteiger charge is -2.22. The van der Waals surface area contributed by atoms with Crippen LogP contribution in [0.15, 0.2) is 48.6 Å². The van der Waals surface area contributed by atoms with Gasteiger partial charge >= 0.3 is 5.97 Å². The highest BCUT2D eigenvalue weighted by molar-refractivity contribution is 5.76. The minimum absolute atomic E-state index is 0.00512. The molecule has 89 heavy (non-hydrogen) atoms. The second kappa shape index (κ2) is 78.3. The molecule has 0 spiro atoms. The molecule has 0 aromatic heterocycles. The van der Waals surface area contributed by atoms with Crippen LogP contribution in [0.3, 0.4) is 0 Å². The number of nitrogens with one attached hydrogen (secondary N) is 1. The average molecular weight is 1250 g/mol. The van der Waals surface area contributed by atoms with Gasteiger partial charge in [-0.3, -0.25) is 9.59 Å². The number of aliphatic hydroxyl groups excluding tert-OH is 2. The van der Waals surface area contributed by atoms with Crippen LogP contribution in [-0.4, -0.2) is 47.4 Å². The number of rotatable bonds is 76. The number of aliphatic hydroxyl groups is 2. The predicted octanol–water partition coefficient (Wildman–Crippen LogP) is 26.8. The van der Waals surface area contributed by atoms with Gasteiger partial charge in [-0.25, -0.2) is 0 Å². The van der Waals surface area contributed by atoms with Crippen molar-refractivity contribution in [1.82, 2.24) is 5.32 Å². The summed E-state index contributed by atoms with van der Waals surface area (Å²) in [6, 6.07) is -0.541. The summed E-state index contributed by atoms with van der Waals surface area (Å²) in [5.41, 5.74) is 0. The van der Waals surface area contributed by atoms with Crippen LogP contribution in [0.1, 0.15) is 444 Å². The minimum Gasteiger partial charge on any atom is -0.466 e. The smallest absolute Gasteiger partial charge is 0.305 e. The molecule has 0 rings (SSSR count). The minimum atomic E-state index is -0.664. The van der Waals surface area contributed by atoms with Crippen molar-refractivity contribution in [1.29, 1.82) is 0 Å². The third-order valence-electron chi connectivity index (χ3n) is 18.9. The standard InChI is InChI=1S/C83H157NO5/c1-3-5-7-9-11-13-15-17-19-20-21-41-44-48-51-55-59-63-67-71-75-81(86)80(79-85)84-82(87)76-72-68-64-60-56-52-49-45-42-39-37-35-33-31-29-27-25-23-22-24-26-28-30-32-34-36-38-40-43-46-50-54-58-62-66-70-74-78-89-83(88)77-73-69-65-61-57-53-47-18-16-14-12-10-8-6-4-2/h12,14,18,22,24,28,30,47,80-81,85-86H,3-11,13,15-17,19-21,23,25-27,29,31-46,48-79H2,1-2H3,(H,84,87)/b14-12-,24-22-,30-28-,47-18-. The normalized spacial score (nSPS) is 12.7. The molecule has 2 unspecified atom stereocenters. The summed E-state index contributed by atoms with van der Waals surface area (Å²) in [5.74, 6) is -0.0226. The zero-order valence-electron chi connectivity index (χ0n) is 60.2. The van der Waals surface area contributed by atoms with E-state index in [9.17, 15) is 19.8 Å². The fourth-order valence-electron chi connectivity index (χ4n) is 12.7. The number of amides is 1. The van der Waals surface area contributed by atoms with Crippen LogP contribution in [0.5, 0.6) is 0 Å². The van der Waals surface area contributed by atoms with Crippen LogP contribution in [0.25, 0.3) is 0 Å². The Labute approximate surface area is 556 Å². The summed E-state index contributed by atoms with van der Waals surface area (Å²) in [7, 11) is 0. The van der Waals surface area contributed by atoms with E-state index in [1.165, 1.54) is 353 Å². The number of hydrogen-bond donors (Lipinski definition) is 3. The van der Waals surface area contributed by atoms with E-state index in [1.54, 1.807) is 0 Å². The Hall–Kier alpha value is -2.18. The van der Waals surface area contributed by atoms with E-state index in [2.05, 4.69) is 67.8 Å². The lowest BCUT2D eigenvalue weighted by Crippen LogP contribution is -2.45. The van der Waals surface area contributed by atoms with E-state index < -0.39 is 12.1 Å². The Morgan fingerprint density at radius 3 is 0.876 bits per heavy atom. The van der Waals surface area contributed by atoms with Crippen molar-refractivity contribution in [2.45, 2.75) is 456 Å². The van der Waals surface area contributed by atoms with Crippen molar-refractivity contribution in [3.8, 4) is 0 Å². The van der Waals surface area contributed by atoms with Crippen molar-refractivity contribution in [3.63, 3.8) is 0 Å². The highest BCUT2D eigenvalue weighted by Crippen LogP contribution is 2.20.